The van der Waals surface area contributed by atoms with Crippen molar-refractivity contribution in [2.24, 2.45) is 0 Å². The Kier molecular flexibility index (Phi) is 3.47. The Bertz CT molecular complexity index is 442. The van der Waals surface area contributed by atoms with E-state index in [1.165, 1.54) is 0 Å². The minimum Gasteiger partial charge on any atom is -0.467 e. The normalized spacial score (nSPS) is 10.4. The molecule has 0 aliphatic heterocycles. The molecule has 4 heteroatoms. The summed E-state index contributed by atoms with van der Waals surface area (Å²) in [6, 6.07) is 5.77. The van der Waals surface area contributed by atoms with Crippen LogP contribution >= 0.6 is 11.6 Å². The van der Waals surface area contributed by atoms with E-state index in [0.717, 1.165) is 17.0 Å². The van der Waals surface area contributed by atoms with Crippen LogP contribution in [0.3, 0.4) is 0 Å². The number of furan rings is 1. The number of alkyl halides is 1. The standard InChI is InChI=1S/C12H13ClN2O/c1-15(9-11-3-2-6-16-11)12-8-14-5-4-10(12)7-13/h2-6,8H,7,9H2,1H3. The maximum Gasteiger partial charge on any atom is 0.123 e. The van der Waals surface area contributed by atoms with Gasteiger partial charge in [-0.1, -0.05) is 0 Å². The SMILES string of the molecule is CN(Cc1ccco1)c1cnccc1CCl. The first-order valence-electron chi connectivity index (χ1n) is 5.03. The van der Waals surface area contributed by atoms with Crippen molar-refractivity contribution in [2.45, 2.75) is 12.4 Å². The van der Waals surface area contributed by atoms with Crippen LogP contribution in [0.5, 0.6) is 0 Å². The maximum absolute atomic E-state index is 5.88. The van der Waals surface area contributed by atoms with Crippen molar-refractivity contribution in [1.29, 1.82) is 0 Å². The Morgan fingerprint density at radius 1 is 1.44 bits per heavy atom. The van der Waals surface area contributed by atoms with Crippen molar-refractivity contribution in [3.8, 4) is 0 Å². The van der Waals surface area contributed by atoms with Crippen LogP contribution in [0.15, 0.2) is 41.3 Å². The number of hydrogen-bond acceptors (Lipinski definition) is 3. The van der Waals surface area contributed by atoms with E-state index in [-0.39, 0.29) is 0 Å². The fraction of sp³-hybridized carbons (Fsp3) is 0.250. The molecule has 2 aromatic heterocycles. The van der Waals surface area contributed by atoms with E-state index in [1.807, 2.05) is 31.4 Å². The van der Waals surface area contributed by atoms with Crippen LogP contribution in [-0.2, 0) is 12.4 Å². The molecule has 0 aliphatic carbocycles. The van der Waals surface area contributed by atoms with Crippen molar-refractivity contribution in [1.82, 2.24) is 4.98 Å². The fourth-order valence-electron chi connectivity index (χ4n) is 1.59. The van der Waals surface area contributed by atoms with E-state index in [2.05, 4.69) is 9.88 Å². The minimum absolute atomic E-state index is 0.486. The van der Waals surface area contributed by atoms with Crippen molar-refractivity contribution in [3.63, 3.8) is 0 Å². The van der Waals surface area contributed by atoms with Gasteiger partial charge in [-0.25, -0.2) is 0 Å². The molecule has 0 aliphatic rings. The van der Waals surface area contributed by atoms with E-state index in [1.54, 1.807) is 12.5 Å². The molecule has 2 rings (SSSR count). The molecule has 0 radical (unpaired) electrons. The summed E-state index contributed by atoms with van der Waals surface area (Å²) >= 11 is 5.88. The summed E-state index contributed by atoms with van der Waals surface area (Å²) in [5.41, 5.74) is 2.11. The number of nitrogens with zero attached hydrogens (tertiary/aromatic N) is 2. The van der Waals surface area contributed by atoms with Crippen molar-refractivity contribution in [3.05, 3.63) is 48.2 Å². The van der Waals surface area contributed by atoms with Gasteiger partial charge in [0.05, 0.1) is 24.7 Å². The number of anilines is 1. The third kappa shape index (κ3) is 2.36. The highest BCUT2D eigenvalue weighted by atomic mass is 35.5. The Balaban J connectivity index is 2.17. The summed E-state index contributed by atoms with van der Waals surface area (Å²) in [6.07, 6.45) is 5.25. The van der Waals surface area contributed by atoms with E-state index in [9.17, 15) is 0 Å². The Morgan fingerprint density at radius 2 is 2.31 bits per heavy atom. The molecule has 0 saturated carbocycles. The van der Waals surface area contributed by atoms with Gasteiger partial charge in [0.1, 0.15) is 5.76 Å². The molecule has 2 heterocycles. The van der Waals surface area contributed by atoms with Crippen LogP contribution < -0.4 is 4.90 Å². The lowest BCUT2D eigenvalue weighted by atomic mass is 10.2. The quantitative estimate of drug-likeness (QED) is 0.765. The second-order valence-corrected chi connectivity index (χ2v) is 3.84. The summed E-state index contributed by atoms with van der Waals surface area (Å²) in [5, 5.41) is 0. The zero-order valence-corrected chi connectivity index (χ0v) is 9.81. The highest BCUT2D eigenvalue weighted by molar-refractivity contribution is 6.17. The van der Waals surface area contributed by atoms with Gasteiger partial charge in [0, 0.05) is 19.1 Å². The van der Waals surface area contributed by atoms with E-state index < -0.39 is 0 Å². The predicted molar refractivity (Wildman–Crippen MR) is 64.6 cm³/mol. The van der Waals surface area contributed by atoms with Gasteiger partial charge in [-0.3, -0.25) is 4.98 Å². The van der Waals surface area contributed by atoms with Gasteiger partial charge < -0.3 is 9.32 Å². The molecule has 0 atom stereocenters. The summed E-state index contributed by atoms with van der Waals surface area (Å²) in [7, 11) is 2.00. The monoisotopic (exact) mass is 236 g/mol. The molecule has 3 nitrogen and oxygen atoms in total. The number of aromatic nitrogens is 1. The van der Waals surface area contributed by atoms with Crippen LogP contribution in [0.4, 0.5) is 5.69 Å². The number of pyridine rings is 1. The molecule has 16 heavy (non-hydrogen) atoms. The van der Waals surface area contributed by atoms with E-state index in [0.29, 0.717) is 12.4 Å². The molecule has 0 fully saturated rings. The lowest BCUT2D eigenvalue weighted by Crippen LogP contribution is -2.17. The van der Waals surface area contributed by atoms with Crippen LogP contribution in [0.25, 0.3) is 0 Å². The molecule has 0 unspecified atom stereocenters. The highest BCUT2D eigenvalue weighted by Gasteiger charge is 2.08. The Morgan fingerprint density at radius 3 is 3.00 bits per heavy atom. The summed E-state index contributed by atoms with van der Waals surface area (Å²) in [5.74, 6) is 1.41. The molecule has 0 aromatic carbocycles. The average molecular weight is 237 g/mol. The molecule has 0 bridgehead atoms. The summed E-state index contributed by atoms with van der Waals surface area (Å²) in [4.78, 5) is 6.19. The van der Waals surface area contributed by atoms with Gasteiger partial charge in [-0.2, -0.15) is 0 Å². The smallest absolute Gasteiger partial charge is 0.123 e. The van der Waals surface area contributed by atoms with Crippen LogP contribution in [-0.4, -0.2) is 12.0 Å². The Hall–Kier alpha value is -1.48. The molecule has 0 spiro atoms. The molecule has 0 saturated heterocycles. The van der Waals surface area contributed by atoms with Gasteiger partial charge in [-0.15, -0.1) is 11.6 Å². The third-order valence-corrected chi connectivity index (χ3v) is 2.70. The van der Waals surface area contributed by atoms with Gasteiger partial charge in [0.25, 0.3) is 0 Å². The second kappa shape index (κ2) is 5.03. The van der Waals surface area contributed by atoms with E-state index in [4.69, 9.17) is 16.0 Å². The topological polar surface area (TPSA) is 29.3 Å². The number of rotatable bonds is 4. The molecule has 84 valence electrons. The van der Waals surface area contributed by atoms with Crippen LogP contribution in [0.1, 0.15) is 11.3 Å². The zero-order chi connectivity index (χ0) is 11.4. The summed E-state index contributed by atoms with van der Waals surface area (Å²) in [6.45, 7) is 0.711. The number of hydrogen-bond donors (Lipinski definition) is 0. The number of halogens is 1. The van der Waals surface area contributed by atoms with Gasteiger partial charge in [0.15, 0.2) is 0 Å². The highest BCUT2D eigenvalue weighted by Crippen LogP contribution is 2.21. The molecule has 0 N–H and O–H groups in total. The first kappa shape index (κ1) is 11.0. The molecule has 2 aromatic rings. The first-order chi connectivity index (χ1) is 7.81. The Labute approximate surface area is 99.7 Å². The summed E-state index contributed by atoms with van der Waals surface area (Å²) < 4.78 is 5.30. The van der Waals surface area contributed by atoms with Crippen LogP contribution in [0, 0.1) is 0 Å². The second-order valence-electron chi connectivity index (χ2n) is 3.57. The first-order valence-corrected chi connectivity index (χ1v) is 5.57. The van der Waals surface area contributed by atoms with Gasteiger partial charge >= 0.3 is 0 Å². The maximum atomic E-state index is 5.88. The lowest BCUT2D eigenvalue weighted by molar-refractivity contribution is 0.507. The molecule has 0 amide bonds. The van der Waals surface area contributed by atoms with Crippen LogP contribution in [0.2, 0.25) is 0 Å². The average Bonchev–Trinajstić information content (AvgIpc) is 2.81. The lowest BCUT2D eigenvalue weighted by Gasteiger charge is -2.19. The van der Waals surface area contributed by atoms with Gasteiger partial charge in [-0.05, 0) is 23.8 Å². The minimum atomic E-state index is 0.486. The van der Waals surface area contributed by atoms with Crippen molar-refractivity contribution in [2.75, 3.05) is 11.9 Å². The fourth-order valence-corrected chi connectivity index (χ4v) is 1.82. The van der Waals surface area contributed by atoms with E-state index >= 15 is 0 Å². The predicted octanol–water partition coefficient (Wildman–Crippen LogP) is 3.05. The zero-order valence-electron chi connectivity index (χ0n) is 9.06. The van der Waals surface area contributed by atoms with Crippen molar-refractivity contribution < 1.29 is 4.42 Å². The third-order valence-electron chi connectivity index (χ3n) is 2.42. The van der Waals surface area contributed by atoms with Crippen molar-refractivity contribution >= 4 is 17.3 Å². The van der Waals surface area contributed by atoms with Gasteiger partial charge in [0.2, 0.25) is 0 Å². The molecular weight excluding hydrogens is 224 g/mol. The largest absolute Gasteiger partial charge is 0.467 e. The molecular formula is C12H13ClN2O.